The van der Waals surface area contributed by atoms with Crippen molar-refractivity contribution in [2.24, 2.45) is 0 Å². The van der Waals surface area contributed by atoms with Crippen LogP contribution in [0.2, 0.25) is 5.02 Å². The summed E-state index contributed by atoms with van der Waals surface area (Å²) in [7, 11) is 0. The maximum Gasteiger partial charge on any atom is 0.410 e. The quantitative estimate of drug-likeness (QED) is 0.538. The second-order valence-corrected chi connectivity index (χ2v) is 8.63. The molecule has 0 unspecified atom stereocenters. The van der Waals surface area contributed by atoms with Crippen molar-refractivity contribution in [3.63, 3.8) is 0 Å². The topological polar surface area (TPSA) is 53.0 Å². The van der Waals surface area contributed by atoms with Crippen LogP contribution in [0.15, 0.2) is 78.9 Å². The molecule has 4 rings (SSSR count). The molecule has 172 valence electrons. The van der Waals surface area contributed by atoms with Crippen molar-refractivity contribution in [2.45, 2.75) is 31.8 Å². The molecule has 0 saturated carbocycles. The lowest BCUT2D eigenvalue weighted by Gasteiger charge is -2.31. The summed E-state index contributed by atoms with van der Waals surface area (Å²) in [6.45, 7) is 1.71. The number of hydrogen-bond donors (Lipinski definition) is 1. The summed E-state index contributed by atoms with van der Waals surface area (Å²) in [6, 6.07) is 23.7. The lowest BCUT2D eigenvalue weighted by atomic mass is 10.1. The maximum atomic E-state index is 13.6. The summed E-state index contributed by atoms with van der Waals surface area (Å²) in [4.78, 5) is 16.3. The molecule has 0 bridgehead atoms. The first kappa shape index (κ1) is 23.2. The van der Waals surface area contributed by atoms with E-state index in [1.807, 2.05) is 60.7 Å². The molecule has 1 aliphatic heterocycles. The number of benzene rings is 3. The molecular weight excluding hydrogens is 443 g/mol. The van der Waals surface area contributed by atoms with Crippen molar-refractivity contribution in [1.82, 2.24) is 9.80 Å². The molecule has 7 heteroatoms. The Morgan fingerprint density at radius 3 is 2.27 bits per heavy atom. The van der Waals surface area contributed by atoms with E-state index in [2.05, 4.69) is 4.90 Å². The van der Waals surface area contributed by atoms with E-state index >= 15 is 0 Å². The summed E-state index contributed by atoms with van der Waals surface area (Å²) in [5.74, 6) is -0.469. The standard InChI is InChI=1S/C26H26ClFN2O3/c27-22-13-21(11-12-23(22)28)15-29(14-19-7-3-1-4-8-19)24-16-30(17-25(24)31)26(32)33-18-20-9-5-2-6-10-20/h1-13,24-25,31H,14-18H2/t24-,25-/m1/s1. The Balaban J connectivity index is 1.46. The summed E-state index contributed by atoms with van der Waals surface area (Å²) in [6.07, 6.45) is -1.20. The first-order chi connectivity index (χ1) is 16.0. The third-order valence-corrected chi connectivity index (χ3v) is 6.08. The van der Waals surface area contributed by atoms with E-state index in [-0.39, 0.29) is 24.2 Å². The van der Waals surface area contributed by atoms with Gasteiger partial charge in [0.1, 0.15) is 12.4 Å². The zero-order chi connectivity index (χ0) is 23.2. The third-order valence-electron chi connectivity index (χ3n) is 5.79. The van der Waals surface area contributed by atoms with Gasteiger partial charge < -0.3 is 14.7 Å². The number of likely N-dealkylation sites (tertiary alicyclic amines) is 1. The molecule has 2 atom stereocenters. The zero-order valence-electron chi connectivity index (χ0n) is 18.1. The van der Waals surface area contributed by atoms with E-state index in [0.29, 0.717) is 19.6 Å². The van der Waals surface area contributed by atoms with Crippen LogP contribution in [0.25, 0.3) is 0 Å². The minimum absolute atomic E-state index is 0.0604. The Morgan fingerprint density at radius 1 is 0.970 bits per heavy atom. The molecule has 3 aromatic carbocycles. The zero-order valence-corrected chi connectivity index (χ0v) is 18.9. The lowest BCUT2D eigenvalue weighted by Crippen LogP contribution is -2.42. The maximum absolute atomic E-state index is 13.6. The minimum Gasteiger partial charge on any atom is -0.445 e. The molecule has 3 aromatic rings. The molecular formula is C26H26ClFN2O3. The Kier molecular flexibility index (Phi) is 7.60. The normalized spacial score (nSPS) is 18.0. The van der Waals surface area contributed by atoms with Crippen LogP contribution in [0, 0.1) is 5.82 Å². The van der Waals surface area contributed by atoms with Crippen LogP contribution in [0.1, 0.15) is 16.7 Å². The Labute approximate surface area is 198 Å². The number of carbonyl (C=O) groups is 1. The fraction of sp³-hybridized carbons (Fsp3) is 0.269. The number of aliphatic hydroxyl groups is 1. The third kappa shape index (κ3) is 6.11. The van der Waals surface area contributed by atoms with Crippen LogP contribution in [-0.4, -0.2) is 46.2 Å². The van der Waals surface area contributed by atoms with Crippen molar-refractivity contribution in [2.75, 3.05) is 13.1 Å². The number of ether oxygens (including phenoxy) is 1. The second kappa shape index (κ2) is 10.8. The van der Waals surface area contributed by atoms with Gasteiger partial charge in [-0.05, 0) is 28.8 Å². The van der Waals surface area contributed by atoms with Crippen molar-refractivity contribution in [3.8, 4) is 0 Å². The van der Waals surface area contributed by atoms with Crippen LogP contribution in [0.4, 0.5) is 9.18 Å². The van der Waals surface area contributed by atoms with Gasteiger partial charge in [0.2, 0.25) is 0 Å². The molecule has 1 fully saturated rings. The number of rotatable bonds is 7. The van der Waals surface area contributed by atoms with Gasteiger partial charge in [-0.2, -0.15) is 0 Å². The highest BCUT2D eigenvalue weighted by atomic mass is 35.5. The fourth-order valence-electron chi connectivity index (χ4n) is 4.07. The van der Waals surface area contributed by atoms with Gasteiger partial charge in [-0.3, -0.25) is 4.90 Å². The molecule has 0 radical (unpaired) electrons. The highest BCUT2D eigenvalue weighted by Crippen LogP contribution is 2.24. The van der Waals surface area contributed by atoms with Crippen LogP contribution >= 0.6 is 11.6 Å². The van der Waals surface area contributed by atoms with Gasteiger partial charge >= 0.3 is 6.09 Å². The minimum atomic E-state index is -0.742. The molecule has 0 aromatic heterocycles. The van der Waals surface area contributed by atoms with E-state index in [1.54, 1.807) is 12.1 Å². The largest absolute Gasteiger partial charge is 0.445 e. The molecule has 33 heavy (non-hydrogen) atoms. The summed E-state index contributed by atoms with van der Waals surface area (Å²) in [5, 5.41) is 10.9. The average Bonchev–Trinajstić information content (AvgIpc) is 3.22. The monoisotopic (exact) mass is 468 g/mol. The number of hydrogen-bond acceptors (Lipinski definition) is 4. The van der Waals surface area contributed by atoms with Gasteiger partial charge in [0.05, 0.1) is 23.7 Å². The first-order valence-electron chi connectivity index (χ1n) is 10.8. The predicted molar refractivity (Wildman–Crippen MR) is 125 cm³/mol. The SMILES string of the molecule is O=C(OCc1ccccc1)N1C[C@@H](O)[C@H](N(Cc2ccccc2)Cc2ccc(F)c(Cl)c2)C1. The smallest absolute Gasteiger partial charge is 0.410 e. The number of carbonyl (C=O) groups excluding carboxylic acids is 1. The van der Waals surface area contributed by atoms with E-state index in [4.69, 9.17) is 16.3 Å². The molecule has 1 amide bonds. The first-order valence-corrected chi connectivity index (χ1v) is 11.2. The van der Waals surface area contributed by atoms with Gasteiger partial charge in [0.25, 0.3) is 0 Å². The van der Waals surface area contributed by atoms with Crippen LogP contribution < -0.4 is 0 Å². The summed E-state index contributed by atoms with van der Waals surface area (Å²) < 4.78 is 19.1. The van der Waals surface area contributed by atoms with E-state index in [9.17, 15) is 14.3 Å². The van der Waals surface area contributed by atoms with Crippen LogP contribution in [0.3, 0.4) is 0 Å². The molecule has 0 aliphatic carbocycles. The predicted octanol–water partition coefficient (Wildman–Crippen LogP) is 4.86. The van der Waals surface area contributed by atoms with Crippen molar-refractivity contribution < 1.29 is 19.0 Å². The molecule has 1 N–H and O–H groups in total. The van der Waals surface area contributed by atoms with E-state index in [1.165, 1.54) is 11.0 Å². The highest BCUT2D eigenvalue weighted by Gasteiger charge is 2.38. The summed E-state index contributed by atoms with van der Waals surface area (Å²) in [5.41, 5.74) is 2.80. The number of halogens is 2. The van der Waals surface area contributed by atoms with Crippen LogP contribution in [-0.2, 0) is 24.4 Å². The number of aliphatic hydroxyl groups excluding tert-OH is 1. The van der Waals surface area contributed by atoms with E-state index < -0.39 is 18.0 Å². The van der Waals surface area contributed by atoms with Gasteiger partial charge in [-0.1, -0.05) is 78.3 Å². The highest BCUT2D eigenvalue weighted by molar-refractivity contribution is 6.30. The van der Waals surface area contributed by atoms with Crippen LogP contribution in [0.5, 0.6) is 0 Å². The Morgan fingerprint density at radius 2 is 1.61 bits per heavy atom. The van der Waals surface area contributed by atoms with Crippen molar-refractivity contribution in [3.05, 3.63) is 106 Å². The van der Waals surface area contributed by atoms with Gasteiger partial charge in [-0.15, -0.1) is 0 Å². The average molecular weight is 469 g/mol. The number of amides is 1. The molecule has 0 spiro atoms. The molecule has 1 saturated heterocycles. The fourth-order valence-corrected chi connectivity index (χ4v) is 4.27. The summed E-state index contributed by atoms with van der Waals surface area (Å²) >= 11 is 5.98. The van der Waals surface area contributed by atoms with Crippen molar-refractivity contribution >= 4 is 17.7 Å². The molecule has 1 aliphatic rings. The molecule has 1 heterocycles. The van der Waals surface area contributed by atoms with E-state index in [0.717, 1.165) is 16.7 Å². The van der Waals surface area contributed by atoms with Gasteiger partial charge in [0, 0.05) is 19.6 Å². The Hall–Kier alpha value is -2.93. The van der Waals surface area contributed by atoms with Gasteiger partial charge in [0.15, 0.2) is 0 Å². The Bertz CT molecular complexity index is 1070. The second-order valence-electron chi connectivity index (χ2n) is 8.22. The van der Waals surface area contributed by atoms with Gasteiger partial charge in [-0.25, -0.2) is 9.18 Å². The van der Waals surface area contributed by atoms with Crippen molar-refractivity contribution in [1.29, 1.82) is 0 Å². The number of nitrogens with zero attached hydrogens (tertiary/aromatic N) is 2. The molecule has 5 nitrogen and oxygen atoms in total. The lowest BCUT2D eigenvalue weighted by molar-refractivity contribution is 0.0728. The number of β-amino-alcohol motifs (C(OH)–C–C–N with tert-alkyl or cyclic N) is 1.